The van der Waals surface area contributed by atoms with Crippen LogP contribution in [0.4, 0.5) is 0 Å². The lowest BCUT2D eigenvalue weighted by atomic mass is 10.1. The van der Waals surface area contributed by atoms with Gasteiger partial charge >= 0.3 is 0 Å². The van der Waals surface area contributed by atoms with Gasteiger partial charge in [0.1, 0.15) is 5.75 Å². The van der Waals surface area contributed by atoms with E-state index in [9.17, 15) is 0 Å². The van der Waals surface area contributed by atoms with Gasteiger partial charge in [0, 0.05) is 19.2 Å². The minimum Gasteiger partial charge on any atom is -0.495 e. The maximum Gasteiger partial charge on any atom is 0.137 e. The van der Waals surface area contributed by atoms with E-state index in [1.165, 1.54) is 0 Å². The Labute approximate surface area is 108 Å². The Balaban J connectivity index is 2.44. The topological polar surface area (TPSA) is 41.5 Å². The van der Waals surface area contributed by atoms with Crippen LogP contribution in [0.5, 0.6) is 5.75 Å². The second-order valence-electron chi connectivity index (χ2n) is 4.12. The van der Waals surface area contributed by atoms with Gasteiger partial charge in [0.15, 0.2) is 0 Å². The molecule has 0 aromatic heterocycles. The third-order valence-electron chi connectivity index (χ3n) is 2.67. The highest BCUT2D eigenvalue weighted by atomic mass is 35.5. The highest BCUT2D eigenvalue weighted by Crippen LogP contribution is 2.24. The van der Waals surface area contributed by atoms with Crippen LogP contribution in [0.1, 0.15) is 25.3 Å². The predicted molar refractivity (Wildman–Crippen MR) is 70.6 cm³/mol. The van der Waals surface area contributed by atoms with Gasteiger partial charge in [-0.05, 0) is 37.5 Å². The molecule has 2 N–H and O–H groups in total. The maximum atomic E-state index is 8.74. The van der Waals surface area contributed by atoms with Gasteiger partial charge in [-0.3, -0.25) is 0 Å². The number of hydrogen-bond acceptors (Lipinski definition) is 3. The zero-order chi connectivity index (χ0) is 12.7. The number of methoxy groups -OCH3 is 1. The molecule has 0 saturated heterocycles. The fraction of sp³-hybridized carbons (Fsp3) is 0.538. The summed E-state index contributed by atoms with van der Waals surface area (Å²) < 4.78 is 5.10. The zero-order valence-corrected chi connectivity index (χ0v) is 11.1. The minimum absolute atomic E-state index is 0.250. The van der Waals surface area contributed by atoms with Crippen LogP contribution in [0.2, 0.25) is 5.02 Å². The van der Waals surface area contributed by atoms with Gasteiger partial charge in [-0.15, -0.1) is 0 Å². The van der Waals surface area contributed by atoms with E-state index in [1.54, 1.807) is 7.11 Å². The fourth-order valence-electron chi connectivity index (χ4n) is 1.61. The zero-order valence-electron chi connectivity index (χ0n) is 10.4. The Bertz CT molecular complexity index is 344. The van der Waals surface area contributed by atoms with Crippen molar-refractivity contribution < 1.29 is 9.84 Å². The molecule has 0 fully saturated rings. The molecule has 1 unspecified atom stereocenters. The van der Waals surface area contributed by atoms with Crippen molar-refractivity contribution in [2.75, 3.05) is 13.7 Å². The van der Waals surface area contributed by atoms with Crippen molar-refractivity contribution in [1.82, 2.24) is 5.32 Å². The lowest BCUT2D eigenvalue weighted by molar-refractivity contribution is 0.276. The Morgan fingerprint density at radius 2 is 2.24 bits per heavy atom. The summed E-state index contributed by atoms with van der Waals surface area (Å²) in [6, 6.07) is 6.17. The highest BCUT2D eigenvalue weighted by Gasteiger charge is 2.04. The van der Waals surface area contributed by atoms with Crippen molar-refractivity contribution in [2.45, 2.75) is 32.4 Å². The molecule has 0 radical (unpaired) electrons. The molecule has 17 heavy (non-hydrogen) atoms. The number of nitrogens with one attached hydrogen (secondary N) is 1. The van der Waals surface area contributed by atoms with Crippen LogP contribution >= 0.6 is 11.6 Å². The van der Waals surface area contributed by atoms with Crippen molar-refractivity contribution in [2.24, 2.45) is 0 Å². The molecule has 0 spiro atoms. The molecule has 0 aliphatic rings. The largest absolute Gasteiger partial charge is 0.495 e. The molecule has 1 aromatic rings. The summed E-state index contributed by atoms with van der Waals surface area (Å²) in [6.45, 7) is 3.14. The van der Waals surface area contributed by atoms with Gasteiger partial charge < -0.3 is 15.2 Å². The molecule has 0 aliphatic heterocycles. The first-order valence-corrected chi connectivity index (χ1v) is 6.21. The third-order valence-corrected chi connectivity index (χ3v) is 2.96. The minimum atomic E-state index is 0.250. The summed E-state index contributed by atoms with van der Waals surface area (Å²) in [4.78, 5) is 0. The highest BCUT2D eigenvalue weighted by molar-refractivity contribution is 6.32. The van der Waals surface area contributed by atoms with Gasteiger partial charge in [-0.2, -0.15) is 0 Å². The Morgan fingerprint density at radius 3 is 2.82 bits per heavy atom. The predicted octanol–water partition coefficient (Wildman–Crippen LogP) is 2.60. The number of benzene rings is 1. The number of halogens is 1. The van der Waals surface area contributed by atoms with Crippen molar-refractivity contribution in [3.05, 3.63) is 28.8 Å². The van der Waals surface area contributed by atoms with Crippen molar-refractivity contribution in [3.63, 3.8) is 0 Å². The van der Waals surface area contributed by atoms with Crippen LogP contribution in [0.15, 0.2) is 18.2 Å². The first-order valence-electron chi connectivity index (χ1n) is 5.84. The number of hydrogen-bond donors (Lipinski definition) is 2. The van der Waals surface area contributed by atoms with E-state index >= 15 is 0 Å². The molecular formula is C13H20ClNO2. The van der Waals surface area contributed by atoms with Gasteiger partial charge in [-0.25, -0.2) is 0 Å². The normalized spacial score (nSPS) is 12.5. The molecule has 0 bridgehead atoms. The van der Waals surface area contributed by atoms with Crippen molar-refractivity contribution in [3.8, 4) is 5.75 Å². The number of ether oxygens (including phenoxy) is 1. The molecule has 0 saturated carbocycles. The summed E-state index contributed by atoms with van der Waals surface area (Å²) in [5.74, 6) is 0.698. The third kappa shape index (κ3) is 4.94. The lowest BCUT2D eigenvalue weighted by Gasteiger charge is -2.13. The lowest BCUT2D eigenvalue weighted by Crippen LogP contribution is -2.25. The SMILES string of the molecule is COc1ccc(CNC(C)CCCO)cc1Cl. The van der Waals surface area contributed by atoms with E-state index in [2.05, 4.69) is 12.2 Å². The molecule has 1 rings (SSSR count). The van der Waals surface area contributed by atoms with Gasteiger partial charge in [0.05, 0.1) is 12.1 Å². The van der Waals surface area contributed by atoms with E-state index in [0.717, 1.165) is 24.9 Å². The second-order valence-corrected chi connectivity index (χ2v) is 4.52. The van der Waals surface area contributed by atoms with E-state index in [1.807, 2.05) is 18.2 Å². The van der Waals surface area contributed by atoms with E-state index in [-0.39, 0.29) is 6.61 Å². The number of aliphatic hydroxyl groups is 1. The molecular weight excluding hydrogens is 238 g/mol. The molecule has 4 heteroatoms. The van der Waals surface area contributed by atoms with Crippen LogP contribution in [-0.2, 0) is 6.54 Å². The van der Waals surface area contributed by atoms with Crippen LogP contribution < -0.4 is 10.1 Å². The average molecular weight is 258 g/mol. The standard InChI is InChI=1S/C13H20ClNO2/c1-10(4-3-7-16)15-9-11-5-6-13(17-2)12(14)8-11/h5-6,8,10,15-16H,3-4,7,9H2,1-2H3. The first-order chi connectivity index (χ1) is 8.17. The molecule has 0 heterocycles. The van der Waals surface area contributed by atoms with Gasteiger partial charge in [0.25, 0.3) is 0 Å². The van der Waals surface area contributed by atoms with Crippen LogP contribution in [0.25, 0.3) is 0 Å². The number of aliphatic hydroxyl groups excluding tert-OH is 1. The smallest absolute Gasteiger partial charge is 0.137 e. The summed E-state index contributed by atoms with van der Waals surface area (Å²) in [5.41, 5.74) is 1.13. The molecule has 1 atom stereocenters. The van der Waals surface area contributed by atoms with Crippen molar-refractivity contribution >= 4 is 11.6 Å². The second kappa shape index (κ2) is 7.54. The molecule has 1 aromatic carbocycles. The molecule has 0 aliphatic carbocycles. The number of rotatable bonds is 7. The fourth-order valence-corrected chi connectivity index (χ4v) is 1.89. The van der Waals surface area contributed by atoms with E-state index in [0.29, 0.717) is 16.8 Å². The maximum absolute atomic E-state index is 8.74. The Morgan fingerprint density at radius 1 is 1.47 bits per heavy atom. The van der Waals surface area contributed by atoms with Crippen LogP contribution in [-0.4, -0.2) is 24.9 Å². The van der Waals surface area contributed by atoms with Crippen LogP contribution in [0, 0.1) is 0 Å². The Kier molecular flexibility index (Phi) is 6.34. The van der Waals surface area contributed by atoms with E-state index < -0.39 is 0 Å². The molecule has 3 nitrogen and oxygen atoms in total. The van der Waals surface area contributed by atoms with E-state index in [4.69, 9.17) is 21.4 Å². The van der Waals surface area contributed by atoms with Gasteiger partial charge in [-0.1, -0.05) is 17.7 Å². The quantitative estimate of drug-likeness (QED) is 0.789. The summed E-state index contributed by atoms with van der Waals surface area (Å²) >= 11 is 6.04. The summed E-state index contributed by atoms with van der Waals surface area (Å²) in [7, 11) is 1.61. The summed E-state index contributed by atoms with van der Waals surface area (Å²) in [5, 5.41) is 12.8. The van der Waals surface area contributed by atoms with Gasteiger partial charge in [0.2, 0.25) is 0 Å². The average Bonchev–Trinajstić information content (AvgIpc) is 2.34. The molecule has 0 amide bonds. The van der Waals surface area contributed by atoms with Crippen molar-refractivity contribution in [1.29, 1.82) is 0 Å². The Hall–Kier alpha value is -0.770. The van der Waals surface area contributed by atoms with Crippen LogP contribution in [0.3, 0.4) is 0 Å². The molecule has 96 valence electrons. The first kappa shape index (κ1) is 14.3. The summed E-state index contributed by atoms with van der Waals surface area (Å²) in [6.07, 6.45) is 1.80. The monoisotopic (exact) mass is 257 g/mol.